The number of carbonyl (C=O) groups excluding carboxylic acids is 3. The molecular formula is C35H41N3O5. The first-order chi connectivity index (χ1) is 20.7. The van der Waals surface area contributed by atoms with Crippen molar-refractivity contribution >= 4 is 28.6 Å². The van der Waals surface area contributed by atoms with Crippen LogP contribution in [0.25, 0.3) is 10.9 Å². The van der Waals surface area contributed by atoms with Crippen LogP contribution in [-0.4, -0.2) is 52.3 Å². The number of nitrogens with zero attached hydrogens (tertiary/aromatic N) is 3. The molecule has 4 aliphatic rings. The van der Waals surface area contributed by atoms with Gasteiger partial charge in [-0.1, -0.05) is 31.9 Å². The van der Waals surface area contributed by atoms with Crippen LogP contribution >= 0.6 is 0 Å². The molecule has 0 N–H and O–H groups in total. The van der Waals surface area contributed by atoms with Crippen LogP contribution in [0.15, 0.2) is 30.4 Å². The number of benzene rings is 1. The van der Waals surface area contributed by atoms with E-state index in [9.17, 15) is 19.6 Å². The molecule has 1 aromatic carbocycles. The number of ether oxygens (including phenoxy) is 2. The normalized spacial score (nSPS) is 31.6. The zero-order valence-corrected chi connectivity index (χ0v) is 25.5. The largest absolute Gasteiger partial charge is 0.483 e. The number of ketones is 1. The average Bonchev–Trinajstić information content (AvgIpc) is 3.58. The fraction of sp³-hybridized carbons (Fsp3) is 0.571. The highest BCUT2D eigenvalue weighted by molar-refractivity contribution is 5.95. The summed E-state index contributed by atoms with van der Waals surface area (Å²) < 4.78 is 12.3. The molecule has 4 heterocycles. The van der Waals surface area contributed by atoms with Gasteiger partial charge in [-0.15, -0.1) is 0 Å². The van der Waals surface area contributed by atoms with Gasteiger partial charge in [0.25, 0.3) is 0 Å². The highest BCUT2D eigenvalue weighted by atomic mass is 16.5. The first-order valence-electron chi connectivity index (χ1n) is 15.9. The van der Waals surface area contributed by atoms with Gasteiger partial charge in [0.05, 0.1) is 47.5 Å². The van der Waals surface area contributed by atoms with Crippen LogP contribution in [0.1, 0.15) is 88.5 Å². The molecule has 43 heavy (non-hydrogen) atoms. The Bertz CT molecular complexity index is 1540. The van der Waals surface area contributed by atoms with Gasteiger partial charge < -0.3 is 14.4 Å². The third-order valence-corrected chi connectivity index (χ3v) is 10.1. The van der Waals surface area contributed by atoms with Crippen molar-refractivity contribution in [1.82, 2.24) is 9.88 Å². The second-order valence-corrected chi connectivity index (χ2v) is 13.1. The summed E-state index contributed by atoms with van der Waals surface area (Å²) in [5.41, 5.74) is 1.61. The quantitative estimate of drug-likeness (QED) is 0.326. The number of hydrogen-bond acceptors (Lipinski definition) is 7. The first-order valence-corrected chi connectivity index (χ1v) is 15.9. The predicted octanol–water partition coefficient (Wildman–Crippen LogP) is 5.76. The van der Waals surface area contributed by atoms with E-state index in [1.54, 1.807) is 17.9 Å². The van der Waals surface area contributed by atoms with Crippen LogP contribution in [-0.2, 0) is 25.5 Å². The molecule has 8 nitrogen and oxygen atoms in total. The van der Waals surface area contributed by atoms with Crippen LogP contribution in [0.2, 0.25) is 0 Å². The number of aryl methyl sites for hydroxylation is 2. The van der Waals surface area contributed by atoms with E-state index < -0.39 is 17.1 Å². The topological polar surface area (TPSA) is 110 Å². The van der Waals surface area contributed by atoms with E-state index in [1.807, 2.05) is 26.0 Å². The van der Waals surface area contributed by atoms with Gasteiger partial charge in [-0.2, -0.15) is 5.26 Å². The fourth-order valence-corrected chi connectivity index (χ4v) is 7.60. The van der Waals surface area contributed by atoms with E-state index in [1.165, 1.54) is 0 Å². The number of fused-ring (bicyclic) bond motifs is 5. The fourth-order valence-electron chi connectivity index (χ4n) is 7.60. The van der Waals surface area contributed by atoms with Crippen LogP contribution in [0, 0.1) is 35.5 Å². The summed E-state index contributed by atoms with van der Waals surface area (Å²) >= 11 is 0. The van der Waals surface area contributed by atoms with Gasteiger partial charge >= 0.3 is 5.97 Å². The SMILES string of the molecule is CCOC(=O)[C@]12CC(=O)[C@@H]3C[C@]4(CCc5c(c(C)nc6ccc(C#N)cc56)O4)CN3C(=O)[C@@H](C)CCCCC/C=C\[C@@H]1C2. The maximum absolute atomic E-state index is 14.2. The summed E-state index contributed by atoms with van der Waals surface area (Å²) in [7, 11) is 0. The molecule has 0 bridgehead atoms. The average molecular weight is 584 g/mol. The molecule has 5 atom stereocenters. The van der Waals surface area contributed by atoms with E-state index >= 15 is 0 Å². The minimum absolute atomic E-state index is 0.0119. The Labute approximate surface area is 253 Å². The van der Waals surface area contributed by atoms with Crippen molar-refractivity contribution in [2.45, 2.75) is 96.6 Å². The number of hydrogen-bond donors (Lipinski definition) is 0. The molecule has 1 saturated heterocycles. The number of carbonyl (C=O) groups is 3. The van der Waals surface area contributed by atoms with Crippen LogP contribution in [0.4, 0.5) is 0 Å². The second kappa shape index (κ2) is 11.4. The van der Waals surface area contributed by atoms with Gasteiger partial charge in [-0.05, 0) is 76.5 Å². The van der Waals surface area contributed by atoms with Gasteiger partial charge in [-0.25, -0.2) is 4.98 Å². The van der Waals surface area contributed by atoms with Gasteiger partial charge in [-0.3, -0.25) is 14.4 Å². The van der Waals surface area contributed by atoms with Crippen LogP contribution in [0.5, 0.6) is 5.75 Å². The van der Waals surface area contributed by atoms with Crippen molar-refractivity contribution in [3.05, 3.63) is 47.2 Å². The number of nitriles is 1. The Morgan fingerprint density at radius 1 is 1.23 bits per heavy atom. The molecule has 1 saturated carbocycles. The highest BCUT2D eigenvalue weighted by Crippen LogP contribution is 2.58. The summed E-state index contributed by atoms with van der Waals surface area (Å²) in [4.78, 5) is 47.9. The molecule has 1 amide bonds. The second-order valence-electron chi connectivity index (χ2n) is 13.1. The minimum Gasteiger partial charge on any atom is -0.483 e. The van der Waals surface area contributed by atoms with Crippen molar-refractivity contribution in [3.8, 4) is 11.8 Å². The zero-order valence-electron chi connectivity index (χ0n) is 25.5. The molecule has 3 aliphatic heterocycles. The van der Waals surface area contributed by atoms with Gasteiger partial charge in [0.2, 0.25) is 5.91 Å². The van der Waals surface area contributed by atoms with Crippen molar-refractivity contribution in [1.29, 1.82) is 5.26 Å². The lowest BCUT2D eigenvalue weighted by molar-refractivity contribution is -0.152. The Kier molecular flexibility index (Phi) is 7.78. The summed E-state index contributed by atoms with van der Waals surface area (Å²) in [6.45, 7) is 6.28. The van der Waals surface area contributed by atoms with Crippen LogP contribution in [0.3, 0.4) is 0 Å². The molecule has 226 valence electrons. The number of allylic oxidation sites excluding steroid dienone is 2. The van der Waals surface area contributed by atoms with Crippen molar-refractivity contribution in [2.75, 3.05) is 13.2 Å². The van der Waals surface area contributed by atoms with E-state index in [0.29, 0.717) is 43.5 Å². The molecular weight excluding hydrogens is 542 g/mol. The number of pyridine rings is 1. The van der Waals surface area contributed by atoms with Crippen molar-refractivity contribution in [3.63, 3.8) is 0 Å². The molecule has 1 aliphatic carbocycles. The minimum atomic E-state index is -0.849. The lowest BCUT2D eigenvalue weighted by Crippen LogP contribution is -2.46. The summed E-state index contributed by atoms with van der Waals surface area (Å²) in [6.07, 6.45) is 11.4. The third kappa shape index (κ3) is 5.32. The predicted molar refractivity (Wildman–Crippen MR) is 161 cm³/mol. The molecule has 2 fully saturated rings. The molecule has 1 spiro atoms. The van der Waals surface area contributed by atoms with E-state index in [4.69, 9.17) is 14.5 Å². The standard InChI is InChI=1S/C35H41N3O5/c1-4-42-33(41)35-17-25(35)11-9-7-5-6-8-10-22(2)32(40)38-21-34(18-29(38)30(39)19-35)15-14-26-27-16-24(20-36)12-13-28(27)37-23(3)31(26)43-34/h9,11-13,16,22,25,29H,4-8,10,14-15,17-19,21H2,1-3H3/b11-9-/t22-,25+,29-,34+,35+/m0/s1. The lowest BCUT2D eigenvalue weighted by atomic mass is 9.85. The number of aromatic nitrogens is 1. The molecule has 1 aromatic heterocycles. The van der Waals surface area contributed by atoms with Crippen LogP contribution < -0.4 is 4.74 Å². The lowest BCUT2D eigenvalue weighted by Gasteiger charge is -2.36. The number of rotatable bonds is 2. The smallest absolute Gasteiger partial charge is 0.313 e. The monoisotopic (exact) mass is 583 g/mol. The third-order valence-electron chi connectivity index (χ3n) is 10.1. The Hall–Kier alpha value is -3.73. The molecule has 6 rings (SSSR count). The van der Waals surface area contributed by atoms with Gasteiger partial charge in [0.15, 0.2) is 5.78 Å². The van der Waals surface area contributed by atoms with E-state index in [0.717, 1.165) is 54.3 Å². The number of Topliss-reactive ketones (excluding diaryl/α,β-unsaturated/α-hetero) is 1. The number of amides is 1. The van der Waals surface area contributed by atoms with Crippen molar-refractivity contribution < 1.29 is 23.9 Å². The highest BCUT2D eigenvalue weighted by Gasteiger charge is 2.62. The summed E-state index contributed by atoms with van der Waals surface area (Å²) in [5, 5.41) is 10.4. The molecule has 0 unspecified atom stereocenters. The van der Waals surface area contributed by atoms with Gasteiger partial charge in [0, 0.05) is 29.7 Å². The molecule has 2 aromatic rings. The Balaban J connectivity index is 1.34. The van der Waals surface area contributed by atoms with E-state index in [2.05, 4.69) is 18.2 Å². The summed E-state index contributed by atoms with van der Waals surface area (Å²) in [5.74, 6) is 0.0674. The molecule has 0 radical (unpaired) electrons. The maximum Gasteiger partial charge on any atom is 0.313 e. The molecule has 8 heteroatoms. The zero-order chi connectivity index (χ0) is 30.4. The first kappa shape index (κ1) is 29.3. The number of esters is 1. The maximum atomic E-state index is 14.2. The van der Waals surface area contributed by atoms with E-state index in [-0.39, 0.29) is 42.5 Å². The summed E-state index contributed by atoms with van der Waals surface area (Å²) in [6, 6.07) is 7.07. The Morgan fingerprint density at radius 2 is 2.07 bits per heavy atom. The Morgan fingerprint density at radius 3 is 2.86 bits per heavy atom. The van der Waals surface area contributed by atoms with Gasteiger partial charge in [0.1, 0.15) is 11.4 Å². The van der Waals surface area contributed by atoms with Crippen molar-refractivity contribution in [2.24, 2.45) is 17.3 Å².